The van der Waals surface area contributed by atoms with E-state index in [0.717, 1.165) is 31.2 Å². The third kappa shape index (κ3) is 4.06. The number of hydrogen-bond acceptors (Lipinski definition) is 3. The molecule has 0 amide bonds. The second kappa shape index (κ2) is 7.22. The van der Waals surface area contributed by atoms with Crippen molar-refractivity contribution in [2.75, 3.05) is 0 Å². The maximum absolute atomic E-state index is 12.3. The van der Waals surface area contributed by atoms with E-state index in [2.05, 4.69) is 0 Å². The summed E-state index contributed by atoms with van der Waals surface area (Å²) in [5.74, 6) is -3.00. The van der Waals surface area contributed by atoms with Crippen LogP contribution in [0.4, 0.5) is 0 Å². The lowest BCUT2D eigenvalue weighted by Gasteiger charge is -2.12. The van der Waals surface area contributed by atoms with Crippen LogP contribution in [-0.2, 0) is 14.4 Å². The van der Waals surface area contributed by atoms with E-state index in [1.807, 2.05) is 6.92 Å². The predicted octanol–water partition coefficient (Wildman–Crippen LogP) is 3.07. The van der Waals surface area contributed by atoms with Crippen molar-refractivity contribution in [1.29, 1.82) is 0 Å². The van der Waals surface area contributed by atoms with Gasteiger partial charge in [0.25, 0.3) is 0 Å². The van der Waals surface area contributed by atoms with Crippen LogP contribution in [0, 0.1) is 12.8 Å². The van der Waals surface area contributed by atoms with Crippen LogP contribution in [0.5, 0.6) is 0 Å². The van der Waals surface area contributed by atoms with Crippen molar-refractivity contribution >= 4 is 23.3 Å². The minimum Gasteiger partial charge on any atom is -0.478 e. The molecule has 0 spiro atoms. The first-order valence-electron chi connectivity index (χ1n) is 7.69. The van der Waals surface area contributed by atoms with E-state index in [0.29, 0.717) is 5.56 Å². The minimum absolute atomic E-state index is 0.141. The van der Waals surface area contributed by atoms with Gasteiger partial charge in [0.2, 0.25) is 0 Å². The molecule has 1 saturated carbocycles. The van der Waals surface area contributed by atoms with Crippen molar-refractivity contribution in [3.05, 3.63) is 41.0 Å². The number of ketones is 1. The van der Waals surface area contributed by atoms with E-state index < -0.39 is 11.9 Å². The first-order chi connectivity index (χ1) is 10.9. The third-order valence-electron chi connectivity index (χ3n) is 4.28. The van der Waals surface area contributed by atoms with E-state index in [1.165, 1.54) is 0 Å². The molecule has 0 aliphatic heterocycles. The smallest absolute Gasteiger partial charge is 0.336 e. The molecule has 0 bridgehead atoms. The van der Waals surface area contributed by atoms with Crippen LogP contribution in [-0.4, -0.2) is 27.9 Å². The van der Waals surface area contributed by atoms with Gasteiger partial charge in [-0.1, -0.05) is 42.7 Å². The summed E-state index contributed by atoms with van der Waals surface area (Å²) in [7, 11) is 0. The molecule has 0 unspecified atom stereocenters. The van der Waals surface area contributed by atoms with Crippen molar-refractivity contribution < 1.29 is 24.6 Å². The molecule has 5 nitrogen and oxygen atoms in total. The van der Waals surface area contributed by atoms with Gasteiger partial charge < -0.3 is 10.2 Å². The zero-order valence-corrected chi connectivity index (χ0v) is 13.0. The molecule has 5 heteroatoms. The van der Waals surface area contributed by atoms with Gasteiger partial charge >= 0.3 is 11.9 Å². The summed E-state index contributed by atoms with van der Waals surface area (Å²) in [6.07, 6.45) is 3.12. The Balaban J connectivity index is 2.41. The highest BCUT2D eigenvalue weighted by atomic mass is 16.4. The molecule has 0 saturated heterocycles. The van der Waals surface area contributed by atoms with Crippen LogP contribution in [0.3, 0.4) is 0 Å². The molecule has 1 aliphatic carbocycles. The second-order valence-corrected chi connectivity index (χ2v) is 5.95. The largest absolute Gasteiger partial charge is 0.478 e. The van der Waals surface area contributed by atoms with Crippen LogP contribution in [0.25, 0.3) is 5.57 Å². The molecule has 0 heterocycles. The van der Waals surface area contributed by atoms with Crippen LogP contribution in [0.15, 0.2) is 29.8 Å². The Kier molecular flexibility index (Phi) is 5.32. The van der Waals surface area contributed by atoms with Gasteiger partial charge in [-0.25, -0.2) is 9.59 Å². The quantitative estimate of drug-likeness (QED) is 0.787. The topological polar surface area (TPSA) is 91.7 Å². The Morgan fingerprint density at radius 1 is 1.00 bits per heavy atom. The Hall–Kier alpha value is -2.43. The molecule has 0 atom stereocenters. The zero-order valence-electron chi connectivity index (χ0n) is 13.0. The molecular formula is C18H20O5. The van der Waals surface area contributed by atoms with Crippen molar-refractivity contribution in [2.24, 2.45) is 5.92 Å². The highest BCUT2D eigenvalue weighted by molar-refractivity contribution is 6.22. The average Bonchev–Trinajstić information content (AvgIpc) is 3.02. The van der Waals surface area contributed by atoms with E-state index in [1.54, 1.807) is 24.3 Å². The standard InChI is InChI=1S/C18H20O5/c1-11-6-8-13(9-7-11)16(18(22)23)14(17(20)21)10-15(19)12-4-2-3-5-12/h6-9,12H,2-5,10H2,1H3,(H,20,21)(H,22,23). The summed E-state index contributed by atoms with van der Waals surface area (Å²) in [6.45, 7) is 1.86. The summed E-state index contributed by atoms with van der Waals surface area (Å²) < 4.78 is 0. The maximum atomic E-state index is 12.3. The van der Waals surface area contributed by atoms with Crippen molar-refractivity contribution in [1.82, 2.24) is 0 Å². The number of carbonyl (C=O) groups is 3. The lowest BCUT2D eigenvalue weighted by molar-refractivity contribution is -0.135. The number of hydrogen-bond donors (Lipinski definition) is 2. The fraction of sp³-hybridized carbons (Fsp3) is 0.389. The molecule has 122 valence electrons. The van der Waals surface area contributed by atoms with E-state index in [4.69, 9.17) is 0 Å². The Labute approximate surface area is 134 Å². The average molecular weight is 316 g/mol. The second-order valence-electron chi connectivity index (χ2n) is 5.95. The lowest BCUT2D eigenvalue weighted by Crippen LogP contribution is -2.18. The third-order valence-corrected chi connectivity index (χ3v) is 4.28. The van der Waals surface area contributed by atoms with Gasteiger partial charge in [0.15, 0.2) is 0 Å². The van der Waals surface area contributed by atoms with Crippen LogP contribution >= 0.6 is 0 Å². The number of carboxylic acids is 2. The van der Waals surface area contributed by atoms with Gasteiger partial charge in [-0.3, -0.25) is 4.79 Å². The van der Waals surface area contributed by atoms with Crippen molar-refractivity contribution in [3.8, 4) is 0 Å². The molecule has 0 aromatic heterocycles. The molecular weight excluding hydrogens is 296 g/mol. The van der Waals surface area contributed by atoms with Gasteiger partial charge in [-0.15, -0.1) is 0 Å². The van der Waals surface area contributed by atoms with Crippen LogP contribution in [0.2, 0.25) is 0 Å². The van der Waals surface area contributed by atoms with Gasteiger partial charge in [0, 0.05) is 12.3 Å². The highest BCUT2D eigenvalue weighted by Crippen LogP contribution is 2.29. The number of Topliss-reactive ketones (excluding diaryl/α,β-unsaturated/α-hetero) is 1. The van der Waals surface area contributed by atoms with Crippen molar-refractivity contribution in [2.45, 2.75) is 39.0 Å². The number of aryl methyl sites for hydroxylation is 1. The number of carbonyl (C=O) groups excluding carboxylic acids is 1. The fourth-order valence-electron chi connectivity index (χ4n) is 2.98. The Bertz CT molecular complexity index is 648. The molecule has 1 aromatic carbocycles. The van der Waals surface area contributed by atoms with Crippen molar-refractivity contribution in [3.63, 3.8) is 0 Å². The minimum atomic E-state index is -1.35. The van der Waals surface area contributed by atoms with Gasteiger partial charge in [-0.05, 0) is 25.3 Å². The summed E-state index contributed by atoms with van der Waals surface area (Å²) in [4.78, 5) is 35.4. The van der Waals surface area contributed by atoms with E-state index in [-0.39, 0.29) is 29.3 Å². The lowest BCUT2D eigenvalue weighted by atomic mass is 9.91. The Morgan fingerprint density at radius 2 is 1.57 bits per heavy atom. The fourth-order valence-corrected chi connectivity index (χ4v) is 2.98. The number of benzene rings is 1. The SMILES string of the molecule is Cc1ccc(C(C(=O)O)=C(CC(=O)C2CCCC2)C(=O)O)cc1. The maximum Gasteiger partial charge on any atom is 0.336 e. The zero-order chi connectivity index (χ0) is 17.0. The molecule has 0 radical (unpaired) electrons. The molecule has 1 fully saturated rings. The first kappa shape index (κ1) is 16.9. The van der Waals surface area contributed by atoms with Crippen LogP contribution in [0.1, 0.15) is 43.2 Å². The molecule has 23 heavy (non-hydrogen) atoms. The first-order valence-corrected chi connectivity index (χ1v) is 7.69. The van der Waals surface area contributed by atoms with Gasteiger partial charge in [0.05, 0.1) is 11.1 Å². The van der Waals surface area contributed by atoms with Gasteiger partial charge in [-0.2, -0.15) is 0 Å². The summed E-state index contributed by atoms with van der Waals surface area (Å²) >= 11 is 0. The van der Waals surface area contributed by atoms with E-state index >= 15 is 0 Å². The molecule has 2 rings (SSSR count). The van der Waals surface area contributed by atoms with Crippen LogP contribution < -0.4 is 0 Å². The molecule has 1 aromatic rings. The number of aliphatic carboxylic acids is 2. The Morgan fingerprint density at radius 3 is 2.04 bits per heavy atom. The predicted molar refractivity (Wildman–Crippen MR) is 85.0 cm³/mol. The normalized spacial score (nSPS) is 16.0. The molecule has 2 N–H and O–H groups in total. The summed E-state index contributed by atoms with van der Waals surface area (Å²) in [5, 5.41) is 18.9. The monoisotopic (exact) mass is 316 g/mol. The summed E-state index contributed by atoms with van der Waals surface area (Å²) in [6, 6.07) is 6.58. The van der Waals surface area contributed by atoms with E-state index in [9.17, 15) is 24.6 Å². The summed E-state index contributed by atoms with van der Waals surface area (Å²) in [5.41, 5.74) is 0.610. The number of rotatable bonds is 6. The van der Waals surface area contributed by atoms with Gasteiger partial charge in [0.1, 0.15) is 5.78 Å². The number of carboxylic acid groups (broad SMARTS) is 2. The highest BCUT2D eigenvalue weighted by Gasteiger charge is 2.28. The molecule has 1 aliphatic rings.